The fourth-order valence-corrected chi connectivity index (χ4v) is 4.54. The van der Waals surface area contributed by atoms with Gasteiger partial charge in [-0.25, -0.2) is 0 Å². The first-order valence-corrected chi connectivity index (χ1v) is 14.7. The normalized spacial score (nSPS) is 10.9. The van der Waals surface area contributed by atoms with Gasteiger partial charge in [0.2, 0.25) is 5.91 Å². The number of amides is 2. The van der Waals surface area contributed by atoms with Crippen LogP contribution in [0.4, 0.5) is 5.69 Å². The topological polar surface area (TPSA) is 49.4 Å². The summed E-state index contributed by atoms with van der Waals surface area (Å²) in [4.78, 5) is 25.6. The van der Waals surface area contributed by atoms with E-state index in [-0.39, 0.29) is 11.8 Å². The third-order valence-electron chi connectivity index (χ3n) is 6.83. The average Bonchev–Trinajstić information content (AvgIpc) is 2.85. The molecule has 0 spiro atoms. The Bertz CT molecular complexity index is 654. The van der Waals surface area contributed by atoms with Crippen LogP contribution in [-0.2, 0) is 4.79 Å². The van der Waals surface area contributed by atoms with Crippen molar-refractivity contribution in [2.24, 2.45) is 0 Å². The summed E-state index contributed by atoms with van der Waals surface area (Å²) in [5.74, 6) is 0.0284. The van der Waals surface area contributed by atoms with Gasteiger partial charge in [-0.2, -0.15) is 0 Å². The van der Waals surface area contributed by atoms with E-state index in [0.29, 0.717) is 12.0 Å². The van der Waals surface area contributed by atoms with E-state index in [0.717, 1.165) is 18.5 Å². The minimum atomic E-state index is -0.0306. The maximum absolute atomic E-state index is 12.1. The molecule has 0 aliphatic rings. The van der Waals surface area contributed by atoms with Gasteiger partial charge in [-0.05, 0) is 30.7 Å². The van der Waals surface area contributed by atoms with Gasteiger partial charge in [-0.1, -0.05) is 122 Å². The first kappa shape index (κ1) is 31.2. The van der Waals surface area contributed by atoms with Gasteiger partial charge in [0.1, 0.15) is 0 Å². The summed E-state index contributed by atoms with van der Waals surface area (Å²) in [6.45, 7) is 2.29. The SMILES string of the molecule is CCCCCCCCCCCCCCCCCCCCCC(=O)Nc1ccc(C(=O)N(C)C)cc1. The largest absolute Gasteiger partial charge is 0.345 e. The molecular weight excluding hydrogens is 432 g/mol. The lowest BCUT2D eigenvalue weighted by Crippen LogP contribution is -2.21. The van der Waals surface area contributed by atoms with Gasteiger partial charge in [0, 0.05) is 31.8 Å². The summed E-state index contributed by atoms with van der Waals surface area (Å²) in [6.07, 6.45) is 26.4. The number of benzene rings is 1. The van der Waals surface area contributed by atoms with Crippen molar-refractivity contribution in [3.8, 4) is 0 Å². The van der Waals surface area contributed by atoms with E-state index in [1.807, 2.05) is 0 Å². The highest BCUT2D eigenvalue weighted by Gasteiger charge is 2.08. The number of carbonyl (C=O) groups excluding carboxylic acids is 2. The molecule has 0 atom stereocenters. The van der Waals surface area contributed by atoms with Crippen molar-refractivity contribution in [1.29, 1.82) is 0 Å². The Morgan fingerprint density at radius 1 is 0.600 bits per heavy atom. The Morgan fingerprint density at radius 2 is 0.971 bits per heavy atom. The minimum absolute atomic E-state index is 0.0306. The molecule has 0 saturated heterocycles. The average molecular weight is 487 g/mol. The quantitative estimate of drug-likeness (QED) is 0.166. The van der Waals surface area contributed by atoms with Crippen molar-refractivity contribution in [3.05, 3.63) is 29.8 Å². The second kappa shape index (κ2) is 21.4. The van der Waals surface area contributed by atoms with Crippen molar-refractivity contribution in [2.75, 3.05) is 19.4 Å². The molecule has 35 heavy (non-hydrogen) atoms. The monoisotopic (exact) mass is 486 g/mol. The Balaban J connectivity index is 1.86. The van der Waals surface area contributed by atoms with Gasteiger partial charge >= 0.3 is 0 Å². The highest BCUT2D eigenvalue weighted by atomic mass is 16.2. The molecule has 0 fully saturated rings. The van der Waals surface area contributed by atoms with Gasteiger partial charge in [-0.15, -0.1) is 0 Å². The number of carbonyl (C=O) groups is 2. The van der Waals surface area contributed by atoms with Crippen LogP contribution in [0.2, 0.25) is 0 Å². The summed E-state index contributed by atoms with van der Waals surface area (Å²) in [5, 5.41) is 2.93. The predicted molar refractivity (Wildman–Crippen MR) is 151 cm³/mol. The molecule has 0 aliphatic carbocycles. The molecule has 1 N–H and O–H groups in total. The van der Waals surface area contributed by atoms with Gasteiger partial charge in [0.25, 0.3) is 5.91 Å². The fourth-order valence-electron chi connectivity index (χ4n) is 4.54. The molecule has 0 unspecified atom stereocenters. The number of anilines is 1. The van der Waals surface area contributed by atoms with Crippen molar-refractivity contribution >= 4 is 17.5 Å². The lowest BCUT2D eigenvalue weighted by molar-refractivity contribution is -0.116. The van der Waals surface area contributed by atoms with Crippen LogP contribution in [0.3, 0.4) is 0 Å². The second-order valence-corrected chi connectivity index (χ2v) is 10.4. The van der Waals surface area contributed by atoms with Crippen LogP contribution in [0.25, 0.3) is 0 Å². The van der Waals surface area contributed by atoms with Gasteiger partial charge in [0.05, 0.1) is 0 Å². The molecule has 4 heteroatoms. The van der Waals surface area contributed by atoms with Crippen LogP contribution in [0, 0.1) is 0 Å². The third-order valence-corrected chi connectivity index (χ3v) is 6.83. The molecular formula is C31H54N2O2. The lowest BCUT2D eigenvalue weighted by Gasteiger charge is -2.11. The summed E-state index contributed by atoms with van der Waals surface area (Å²) < 4.78 is 0. The Kier molecular flexibility index (Phi) is 19.1. The zero-order chi connectivity index (χ0) is 25.6. The zero-order valence-electron chi connectivity index (χ0n) is 23.2. The van der Waals surface area contributed by atoms with Crippen molar-refractivity contribution in [3.63, 3.8) is 0 Å². The Morgan fingerprint density at radius 3 is 1.34 bits per heavy atom. The number of nitrogens with zero attached hydrogens (tertiary/aromatic N) is 1. The number of rotatable bonds is 22. The van der Waals surface area contributed by atoms with Crippen LogP contribution in [0.1, 0.15) is 146 Å². The molecule has 0 bridgehead atoms. The van der Waals surface area contributed by atoms with Crippen molar-refractivity contribution in [2.45, 2.75) is 135 Å². The summed E-state index contributed by atoms with van der Waals surface area (Å²) in [7, 11) is 3.47. The van der Waals surface area contributed by atoms with Gasteiger partial charge < -0.3 is 10.2 Å². The molecule has 0 heterocycles. The highest BCUT2D eigenvalue weighted by molar-refractivity contribution is 5.95. The van der Waals surface area contributed by atoms with E-state index in [4.69, 9.17) is 0 Å². The fraction of sp³-hybridized carbons (Fsp3) is 0.742. The maximum atomic E-state index is 12.1. The number of nitrogens with one attached hydrogen (secondary N) is 1. The molecule has 1 rings (SSSR count). The summed E-state index contributed by atoms with van der Waals surface area (Å²) in [6, 6.07) is 7.11. The van der Waals surface area contributed by atoms with Crippen LogP contribution in [0.15, 0.2) is 24.3 Å². The molecule has 1 aromatic rings. The van der Waals surface area contributed by atoms with Crippen molar-refractivity contribution < 1.29 is 9.59 Å². The van der Waals surface area contributed by atoms with E-state index in [9.17, 15) is 9.59 Å². The molecule has 0 saturated carbocycles. The minimum Gasteiger partial charge on any atom is -0.345 e. The van der Waals surface area contributed by atoms with E-state index >= 15 is 0 Å². The zero-order valence-corrected chi connectivity index (χ0v) is 23.2. The first-order valence-electron chi connectivity index (χ1n) is 14.7. The Labute approximate surface area is 216 Å². The highest BCUT2D eigenvalue weighted by Crippen LogP contribution is 2.15. The molecule has 0 radical (unpaired) electrons. The Hall–Kier alpha value is -1.84. The molecule has 200 valence electrons. The summed E-state index contributed by atoms with van der Waals surface area (Å²) in [5.41, 5.74) is 1.38. The third kappa shape index (κ3) is 17.3. The second-order valence-electron chi connectivity index (χ2n) is 10.4. The van der Waals surface area contributed by atoms with Crippen LogP contribution >= 0.6 is 0 Å². The smallest absolute Gasteiger partial charge is 0.253 e. The molecule has 1 aromatic carbocycles. The molecule has 0 aromatic heterocycles. The van der Waals surface area contributed by atoms with Crippen LogP contribution < -0.4 is 5.32 Å². The lowest BCUT2D eigenvalue weighted by atomic mass is 10.0. The van der Waals surface area contributed by atoms with E-state index in [2.05, 4.69) is 12.2 Å². The maximum Gasteiger partial charge on any atom is 0.253 e. The van der Waals surface area contributed by atoms with Crippen LogP contribution in [-0.4, -0.2) is 30.8 Å². The van der Waals surface area contributed by atoms with Gasteiger partial charge in [-0.3, -0.25) is 9.59 Å². The van der Waals surface area contributed by atoms with Gasteiger partial charge in [0.15, 0.2) is 0 Å². The standard InChI is InChI=1S/C31H54N2O2/c1-4-5-6-7-8-9-10-11-12-13-14-15-16-17-18-19-20-21-22-23-30(34)32-29-26-24-28(25-27-29)31(35)33(2)3/h24-27H,4-23H2,1-3H3,(H,32,34). The molecule has 2 amide bonds. The molecule has 4 nitrogen and oxygen atoms in total. The van der Waals surface area contributed by atoms with E-state index in [1.165, 1.54) is 109 Å². The number of unbranched alkanes of at least 4 members (excludes halogenated alkanes) is 18. The summed E-state index contributed by atoms with van der Waals surface area (Å²) >= 11 is 0. The first-order chi connectivity index (χ1) is 17.0. The predicted octanol–water partition coefficient (Wildman–Crippen LogP) is 9.15. The van der Waals surface area contributed by atoms with Crippen molar-refractivity contribution in [1.82, 2.24) is 4.90 Å². The molecule has 0 aliphatic heterocycles. The van der Waals surface area contributed by atoms with E-state index < -0.39 is 0 Å². The van der Waals surface area contributed by atoms with E-state index in [1.54, 1.807) is 43.3 Å². The number of hydrogen-bond acceptors (Lipinski definition) is 2. The van der Waals surface area contributed by atoms with Crippen LogP contribution in [0.5, 0.6) is 0 Å². The number of hydrogen-bond donors (Lipinski definition) is 1.